The number of likely N-dealkylation sites (tertiary alicyclic amines) is 1. The van der Waals surface area contributed by atoms with Crippen LogP contribution in [-0.4, -0.2) is 72.6 Å². The minimum atomic E-state index is -0.662. The molecule has 2 aliphatic rings. The molecule has 1 atom stereocenters. The fourth-order valence-electron chi connectivity index (χ4n) is 4.40. The average molecular weight is 463 g/mol. The molecular weight excluding hydrogens is 432 g/mol. The molecule has 0 radical (unpaired) electrons. The quantitative estimate of drug-likeness (QED) is 0.266. The summed E-state index contributed by atoms with van der Waals surface area (Å²) in [5, 5.41) is 11.2. The standard InChI is InChI=1S/C27H30N2O5/c1-2-17-34-22-11-9-21(10-12-22)25(30)23-24(20-7-4-3-5-8-20)29(27(32)26(23)31)14-6-13-28-15-18-33-19-16-28/h2-5,7-12,24,30H,1,6,13-19H2. The molecule has 178 valence electrons. The number of benzene rings is 2. The van der Waals surface area contributed by atoms with Crippen LogP contribution < -0.4 is 4.74 Å². The number of ketones is 1. The number of rotatable bonds is 9. The van der Waals surface area contributed by atoms with Crippen LogP contribution in [0.4, 0.5) is 0 Å². The van der Waals surface area contributed by atoms with Crippen molar-refractivity contribution in [2.75, 3.05) is 46.0 Å². The van der Waals surface area contributed by atoms with Gasteiger partial charge in [-0.25, -0.2) is 0 Å². The molecule has 4 rings (SSSR count). The molecule has 2 aromatic carbocycles. The lowest BCUT2D eigenvalue weighted by atomic mass is 9.95. The highest BCUT2D eigenvalue weighted by atomic mass is 16.5. The van der Waals surface area contributed by atoms with E-state index in [2.05, 4.69) is 11.5 Å². The Balaban J connectivity index is 1.61. The van der Waals surface area contributed by atoms with Crippen LogP contribution in [0.15, 0.2) is 72.8 Å². The molecule has 1 amide bonds. The Kier molecular flexibility index (Phi) is 7.77. The van der Waals surface area contributed by atoms with Crippen LogP contribution in [0.3, 0.4) is 0 Å². The summed E-state index contributed by atoms with van der Waals surface area (Å²) < 4.78 is 10.9. The third kappa shape index (κ3) is 5.21. The smallest absolute Gasteiger partial charge is 0.295 e. The van der Waals surface area contributed by atoms with Gasteiger partial charge in [-0.3, -0.25) is 14.5 Å². The molecule has 7 nitrogen and oxygen atoms in total. The van der Waals surface area contributed by atoms with E-state index in [9.17, 15) is 14.7 Å². The maximum Gasteiger partial charge on any atom is 0.295 e. The summed E-state index contributed by atoms with van der Waals surface area (Å²) in [5.41, 5.74) is 1.36. The van der Waals surface area contributed by atoms with Gasteiger partial charge in [-0.2, -0.15) is 0 Å². The molecule has 2 aliphatic heterocycles. The zero-order valence-electron chi connectivity index (χ0n) is 19.2. The second kappa shape index (κ2) is 11.1. The largest absolute Gasteiger partial charge is 0.507 e. The number of ether oxygens (including phenoxy) is 2. The van der Waals surface area contributed by atoms with Gasteiger partial charge in [0.1, 0.15) is 18.1 Å². The number of Topliss-reactive ketones (excluding diaryl/α,β-unsaturated/α-hetero) is 1. The van der Waals surface area contributed by atoms with Crippen LogP contribution in [0.2, 0.25) is 0 Å². The maximum atomic E-state index is 13.1. The molecule has 2 saturated heterocycles. The summed E-state index contributed by atoms with van der Waals surface area (Å²) >= 11 is 0. The Hall–Kier alpha value is -3.42. The minimum absolute atomic E-state index is 0.113. The summed E-state index contributed by atoms with van der Waals surface area (Å²) in [5.74, 6) is -0.800. The van der Waals surface area contributed by atoms with Crippen molar-refractivity contribution in [2.24, 2.45) is 0 Å². The predicted molar refractivity (Wildman–Crippen MR) is 129 cm³/mol. The van der Waals surface area contributed by atoms with Gasteiger partial charge in [0.05, 0.1) is 24.8 Å². The maximum absolute atomic E-state index is 13.1. The Morgan fingerprint density at radius 1 is 1.06 bits per heavy atom. The fraction of sp³-hybridized carbons (Fsp3) is 0.333. The summed E-state index contributed by atoms with van der Waals surface area (Å²) in [6.45, 7) is 8.40. The lowest BCUT2D eigenvalue weighted by Gasteiger charge is -2.29. The van der Waals surface area contributed by atoms with E-state index in [-0.39, 0.29) is 11.3 Å². The third-order valence-corrected chi connectivity index (χ3v) is 6.13. The zero-order chi connectivity index (χ0) is 23.9. The molecule has 34 heavy (non-hydrogen) atoms. The molecule has 2 fully saturated rings. The molecule has 1 N–H and O–H groups in total. The Labute approximate surface area is 199 Å². The van der Waals surface area contributed by atoms with Crippen molar-refractivity contribution < 1.29 is 24.2 Å². The van der Waals surface area contributed by atoms with Gasteiger partial charge in [0.2, 0.25) is 0 Å². The van der Waals surface area contributed by atoms with E-state index < -0.39 is 17.7 Å². The molecule has 0 bridgehead atoms. The van der Waals surface area contributed by atoms with E-state index in [1.807, 2.05) is 30.3 Å². The normalized spacial score (nSPS) is 20.5. The van der Waals surface area contributed by atoms with Gasteiger partial charge in [0.25, 0.3) is 11.7 Å². The van der Waals surface area contributed by atoms with Gasteiger partial charge in [0, 0.05) is 31.7 Å². The van der Waals surface area contributed by atoms with Gasteiger partial charge < -0.3 is 19.5 Å². The molecule has 0 aliphatic carbocycles. The highest BCUT2D eigenvalue weighted by Crippen LogP contribution is 2.39. The Bertz CT molecular complexity index is 1040. The summed E-state index contributed by atoms with van der Waals surface area (Å²) in [6, 6.07) is 15.5. The first-order chi connectivity index (χ1) is 16.6. The highest BCUT2D eigenvalue weighted by Gasteiger charge is 2.45. The number of hydrogen-bond acceptors (Lipinski definition) is 6. The van der Waals surface area contributed by atoms with Crippen LogP contribution in [0, 0.1) is 0 Å². The van der Waals surface area contributed by atoms with Gasteiger partial charge in [-0.1, -0.05) is 43.0 Å². The molecule has 0 spiro atoms. The van der Waals surface area contributed by atoms with E-state index in [0.29, 0.717) is 37.7 Å². The van der Waals surface area contributed by atoms with Crippen molar-refractivity contribution in [3.63, 3.8) is 0 Å². The lowest BCUT2D eigenvalue weighted by Crippen LogP contribution is -2.38. The van der Waals surface area contributed by atoms with Gasteiger partial charge in [0.15, 0.2) is 0 Å². The molecule has 1 unspecified atom stereocenters. The van der Waals surface area contributed by atoms with Crippen molar-refractivity contribution >= 4 is 17.4 Å². The van der Waals surface area contributed by atoms with Crippen LogP contribution in [-0.2, 0) is 14.3 Å². The van der Waals surface area contributed by atoms with Crippen molar-refractivity contribution in [3.05, 3.63) is 84.0 Å². The second-order valence-corrected chi connectivity index (χ2v) is 8.33. The van der Waals surface area contributed by atoms with Crippen LogP contribution in [0.1, 0.15) is 23.6 Å². The van der Waals surface area contributed by atoms with Crippen LogP contribution in [0.5, 0.6) is 5.75 Å². The summed E-state index contributed by atoms with van der Waals surface area (Å²) in [6.07, 6.45) is 2.38. The highest BCUT2D eigenvalue weighted by molar-refractivity contribution is 6.46. The fourth-order valence-corrected chi connectivity index (χ4v) is 4.40. The summed E-state index contributed by atoms with van der Waals surface area (Å²) in [7, 11) is 0. The number of carbonyl (C=O) groups excluding carboxylic acids is 2. The van der Waals surface area contributed by atoms with E-state index in [0.717, 1.165) is 31.6 Å². The first-order valence-corrected chi connectivity index (χ1v) is 11.6. The van der Waals surface area contributed by atoms with Crippen molar-refractivity contribution in [1.82, 2.24) is 9.80 Å². The number of aliphatic hydroxyl groups is 1. The Morgan fingerprint density at radius 2 is 1.76 bits per heavy atom. The molecule has 0 saturated carbocycles. The number of morpholine rings is 1. The van der Waals surface area contributed by atoms with Gasteiger partial charge in [-0.05, 0) is 36.2 Å². The number of amides is 1. The molecule has 0 aromatic heterocycles. The van der Waals surface area contributed by atoms with Crippen LogP contribution in [0.25, 0.3) is 5.76 Å². The van der Waals surface area contributed by atoms with E-state index in [1.165, 1.54) is 0 Å². The number of nitrogens with zero attached hydrogens (tertiary/aromatic N) is 2. The Morgan fingerprint density at radius 3 is 2.44 bits per heavy atom. The van der Waals surface area contributed by atoms with E-state index in [1.54, 1.807) is 35.2 Å². The SMILES string of the molecule is C=CCOc1ccc(C(O)=C2C(=O)C(=O)N(CCCN3CCOCC3)C2c2ccccc2)cc1. The summed E-state index contributed by atoms with van der Waals surface area (Å²) in [4.78, 5) is 30.1. The van der Waals surface area contributed by atoms with Crippen molar-refractivity contribution in [2.45, 2.75) is 12.5 Å². The van der Waals surface area contributed by atoms with Crippen molar-refractivity contribution in [3.8, 4) is 5.75 Å². The predicted octanol–water partition coefficient (Wildman–Crippen LogP) is 3.40. The van der Waals surface area contributed by atoms with Crippen molar-refractivity contribution in [1.29, 1.82) is 0 Å². The third-order valence-electron chi connectivity index (χ3n) is 6.13. The monoisotopic (exact) mass is 462 g/mol. The lowest BCUT2D eigenvalue weighted by molar-refractivity contribution is -0.140. The van der Waals surface area contributed by atoms with E-state index in [4.69, 9.17) is 9.47 Å². The minimum Gasteiger partial charge on any atom is -0.507 e. The second-order valence-electron chi connectivity index (χ2n) is 8.33. The van der Waals surface area contributed by atoms with Gasteiger partial charge in [-0.15, -0.1) is 0 Å². The first-order valence-electron chi connectivity index (χ1n) is 11.6. The first kappa shape index (κ1) is 23.7. The topological polar surface area (TPSA) is 79.3 Å². The number of hydrogen-bond donors (Lipinski definition) is 1. The zero-order valence-corrected chi connectivity index (χ0v) is 19.2. The molecule has 2 aromatic rings. The number of carbonyl (C=O) groups is 2. The molecule has 7 heteroatoms. The molecule has 2 heterocycles. The average Bonchev–Trinajstić information content (AvgIpc) is 3.13. The molecular formula is C27H30N2O5. The van der Waals surface area contributed by atoms with Crippen LogP contribution >= 0.6 is 0 Å². The van der Waals surface area contributed by atoms with E-state index >= 15 is 0 Å². The van der Waals surface area contributed by atoms with Gasteiger partial charge >= 0.3 is 0 Å². The number of aliphatic hydroxyl groups excluding tert-OH is 1.